The molecule has 1 N–H and O–H groups in total. The molecule has 0 aliphatic heterocycles. The Morgan fingerprint density at radius 3 is 2.83 bits per heavy atom. The van der Waals surface area contributed by atoms with Crippen LogP contribution in [0.25, 0.3) is 11.3 Å². The van der Waals surface area contributed by atoms with Crippen LogP contribution in [0.3, 0.4) is 0 Å². The fourth-order valence-corrected chi connectivity index (χ4v) is 2.53. The van der Waals surface area contributed by atoms with Crippen molar-refractivity contribution in [3.05, 3.63) is 70.7 Å². The van der Waals surface area contributed by atoms with Gasteiger partial charge in [0.15, 0.2) is 17.8 Å². The zero-order valence-electron chi connectivity index (χ0n) is 12.7. The van der Waals surface area contributed by atoms with E-state index in [9.17, 15) is 10.1 Å². The van der Waals surface area contributed by atoms with Crippen LogP contribution in [0.4, 0.5) is 5.69 Å². The molecule has 3 aromatic rings. The van der Waals surface area contributed by atoms with Crippen LogP contribution < -0.4 is 5.32 Å². The second-order valence-corrected chi connectivity index (χ2v) is 5.54. The third-order valence-corrected chi connectivity index (χ3v) is 3.74. The van der Waals surface area contributed by atoms with Crippen molar-refractivity contribution in [3.8, 4) is 17.4 Å². The second-order valence-electron chi connectivity index (χ2n) is 5.10. The van der Waals surface area contributed by atoms with E-state index in [0.29, 0.717) is 27.6 Å². The molecule has 0 spiro atoms. The molecule has 0 aliphatic carbocycles. The van der Waals surface area contributed by atoms with Crippen LogP contribution in [0.2, 0.25) is 5.02 Å². The van der Waals surface area contributed by atoms with Crippen LogP contribution >= 0.6 is 11.6 Å². The molecule has 24 heavy (non-hydrogen) atoms. The number of nitrogens with one attached hydrogen (secondary N) is 1. The Kier molecular flexibility index (Phi) is 4.32. The van der Waals surface area contributed by atoms with E-state index in [1.54, 1.807) is 36.4 Å². The number of halogens is 1. The summed E-state index contributed by atoms with van der Waals surface area (Å²) in [6, 6.07) is 14.3. The van der Waals surface area contributed by atoms with Gasteiger partial charge >= 0.3 is 0 Å². The average Bonchev–Trinajstić information content (AvgIpc) is 3.05. The van der Waals surface area contributed by atoms with E-state index < -0.39 is 5.91 Å². The summed E-state index contributed by atoms with van der Waals surface area (Å²) in [5.74, 6) is -0.137. The molecule has 0 aliphatic rings. The molecule has 1 amide bonds. The van der Waals surface area contributed by atoms with E-state index in [4.69, 9.17) is 16.0 Å². The normalized spacial score (nSPS) is 10.2. The molecule has 1 heterocycles. The van der Waals surface area contributed by atoms with Crippen LogP contribution in [0.1, 0.15) is 21.6 Å². The molecule has 1 aromatic heterocycles. The van der Waals surface area contributed by atoms with Crippen molar-refractivity contribution in [1.82, 2.24) is 4.98 Å². The second kappa shape index (κ2) is 6.57. The average molecular weight is 338 g/mol. The molecule has 0 fully saturated rings. The minimum Gasteiger partial charge on any atom is -0.443 e. The summed E-state index contributed by atoms with van der Waals surface area (Å²) in [5, 5.41) is 12.5. The van der Waals surface area contributed by atoms with Gasteiger partial charge in [-0.2, -0.15) is 5.26 Å². The van der Waals surface area contributed by atoms with Crippen molar-refractivity contribution >= 4 is 23.2 Å². The standard InChI is InChI=1S/C18H12ClN3O2/c1-11-4-2-7-15(14(11)9-20)22-18(23)16-17(24-10-21-16)12-5-3-6-13(19)8-12/h2-8,10H,1H3,(H,22,23). The van der Waals surface area contributed by atoms with Crippen LogP contribution in [0.5, 0.6) is 0 Å². The molecule has 0 radical (unpaired) electrons. The zero-order chi connectivity index (χ0) is 17.1. The maximum Gasteiger partial charge on any atom is 0.278 e. The van der Waals surface area contributed by atoms with E-state index >= 15 is 0 Å². The number of oxazole rings is 1. The number of benzene rings is 2. The molecule has 0 saturated carbocycles. The van der Waals surface area contributed by atoms with Crippen molar-refractivity contribution in [2.24, 2.45) is 0 Å². The zero-order valence-corrected chi connectivity index (χ0v) is 13.5. The van der Waals surface area contributed by atoms with Gasteiger partial charge in [0.1, 0.15) is 6.07 Å². The van der Waals surface area contributed by atoms with E-state index in [2.05, 4.69) is 16.4 Å². The van der Waals surface area contributed by atoms with Gasteiger partial charge < -0.3 is 9.73 Å². The number of aromatic nitrogens is 1. The third-order valence-electron chi connectivity index (χ3n) is 3.50. The Labute approximate surface area is 143 Å². The highest BCUT2D eigenvalue weighted by atomic mass is 35.5. The first kappa shape index (κ1) is 15.8. The molecule has 5 nitrogen and oxygen atoms in total. The SMILES string of the molecule is Cc1cccc(NC(=O)c2ncoc2-c2cccc(Cl)c2)c1C#N. The summed E-state index contributed by atoms with van der Waals surface area (Å²) in [7, 11) is 0. The van der Waals surface area contributed by atoms with Crippen LogP contribution in [-0.2, 0) is 0 Å². The summed E-state index contributed by atoms with van der Waals surface area (Å²) in [6.07, 6.45) is 1.20. The lowest BCUT2D eigenvalue weighted by Crippen LogP contribution is -2.14. The topological polar surface area (TPSA) is 78.9 Å². The van der Waals surface area contributed by atoms with E-state index in [1.807, 2.05) is 13.0 Å². The predicted molar refractivity (Wildman–Crippen MR) is 90.8 cm³/mol. The molecule has 118 valence electrons. The van der Waals surface area contributed by atoms with Crippen LogP contribution in [0.15, 0.2) is 53.3 Å². The lowest BCUT2D eigenvalue weighted by Gasteiger charge is -2.08. The number of rotatable bonds is 3. The Hall–Kier alpha value is -3.10. The van der Waals surface area contributed by atoms with Gasteiger partial charge in [-0.15, -0.1) is 0 Å². The van der Waals surface area contributed by atoms with E-state index in [-0.39, 0.29) is 5.69 Å². The Balaban J connectivity index is 1.95. The summed E-state index contributed by atoms with van der Waals surface area (Å²) >= 11 is 5.98. The van der Waals surface area contributed by atoms with Crippen molar-refractivity contribution in [3.63, 3.8) is 0 Å². The number of nitrogens with zero attached hydrogens (tertiary/aromatic N) is 2. The third kappa shape index (κ3) is 3.00. The van der Waals surface area contributed by atoms with Crippen molar-refractivity contribution in [2.75, 3.05) is 5.32 Å². The maximum absolute atomic E-state index is 12.6. The van der Waals surface area contributed by atoms with Gasteiger partial charge in [0.05, 0.1) is 11.3 Å². The van der Waals surface area contributed by atoms with E-state index in [0.717, 1.165) is 5.56 Å². The highest BCUT2D eigenvalue weighted by Crippen LogP contribution is 2.27. The first-order valence-corrected chi connectivity index (χ1v) is 7.48. The Bertz CT molecular complexity index is 957. The lowest BCUT2D eigenvalue weighted by atomic mass is 10.1. The van der Waals surface area contributed by atoms with Crippen molar-refractivity contribution < 1.29 is 9.21 Å². The predicted octanol–water partition coefficient (Wildman–Crippen LogP) is 4.43. The van der Waals surface area contributed by atoms with Gasteiger partial charge in [0.2, 0.25) is 0 Å². The number of hydrogen-bond donors (Lipinski definition) is 1. The number of aryl methyl sites for hydroxylation is 1. The molecule has 0 bridgehead atoms. The molecular weight excluding hydrogens is 326 g/mol. The number of amides is 1. The maximum atomic E-state index is 12.6. The fraction of sp³-hybridized carbons (Fsp3) is 0.0556. The summed E-state index contributed by atoms with van der Waals surface area (Å²) in [6.45, 7) is 1.81. The first-order chi connectivity index (χ1) is 11.6. The minimum atomic E-state index is -0.458. The first-order valence-electron chi connectivity index (χ1n) is 7.10. The summed E-state index contributed by atoms with van der Waals surface area (Å²) in [5.41, 5.74) is 2.41. The van der Waals surface area contributed by atoms with Crippen LogP contribution in [0, 0.1) is 18.3 Å². The van der Waals surface area contributed by atoms with Gasteiger partial charge in [-0.25, -0.2) is 4.98 Å². The number of carbonyl (C=O) groups excluding carboxylic acids is 1. The highest BCUT2D eigenvalue weighted by Gasteiger charge is 2.20. The Morgan fingerprint density at radius 2 is 2.08 bits per heavy atom. The summed E-state index contributed by atoms with van der Waals surface area (Å²) < 4.78 is 5.35. The molecule has 2 aromatic carbocycles. The fourth-order valence-electron chi connectivity index (χ4n) is 2.34. The quantitative estimate of drug-likeness (QED) is 0.766. The molecule has 3 rings (SSSR count). The Morgan fingerprint density at radius 1 is 1.29 bits per heavy atom. The lowest BCUT2D eigenvalue weighted by molar-refractivity contribution is 0.102. The monoisotopic (exact) mass is 337 g/mol. The van der Waals surface area contributed by atoms with Gasteiger partial charge in [0, 0.05) is 10.6 Å². The molecule has 0 atom stereocenters. The minimum absolute atomic E-state index is 0.127. The van der Waals surface area contributed by atoms with Crippen molar-refractivity contribution in [2.45, 2.75) is 6.92 Å². The van der Waals surface area contributed by atoms with Gasteiger partial charge in [-0.05, 0) is 30.7 Å². The van der Waals surface area contributed by atoms with Crippen LogP contribution in [-0.4, -0.2) is 10.9 Å². The molecular formula is C18H12ClN3O2. The number of nitriles is 1. The largest absolute Gasteiger partial charge is 0.443 e. The van der Waals surface area contributed by atoms with Gasteiger partial charge in [0.25, 0.3) is 5.91 Å². The van der Waals surface area contributed by atoms with Gasteiger partial charge in [-0.1, -0.05) is 35.9 Å². The van der Waals surface area contributed by atoms with Crippen molar-refractivity contribution in [1.29, 1.82) is 5.26 Å². The molecule has 0 unspecified atom stereocenters. The number of anilines is 1. The molecule has 0 saturated heterocycles. The number of carbonyl (C=O) groups is 1. The molecule has 6 heteroatoms. The van der Waals surface area contributed by atoms with Gasteiger partial charge in [-0.3, -0.25) is 4.79 Å². The highest BCUT2D eigenvalue weighted by molar-refractivity contribution is 6.30. The summed E-state index contributed by atoms with van der Waals surface area (Å²) in [4.78, 5) is 16.5. The number of hydrogen-bond acceptors (Lipinski definition) is 4. The van der Waals surface area contributed by atoms with E-state index in [1.165, 1.54) is 6.39 Å². The smallest absolute Gasteiger partial charge is 0.278 e.